The average molecular weight is 384 g/mol. The minimum absolute atomic E-state index is 0.329. The fourth-order valence-electron chi connectivity index (χ4n) is 3.04. The number of rotatable bonds is 6. The third-order valence-electron chi connectivity index (χ3n) is 4.50. The predicted octanol–water partition coefficient (Wildman–Crippen LogP) is 2.46. The molecule has 6 nitrogen and oxygen atoms in total. The van der Waals surface area contributed by atoms with Crippen molar-refractivity contribution in [1.29, 1.82) is 0 Å². The Morgan fingerprint density at radius 2 is 1.62 bits per heavy atom. The molecule has 0 aliphatic heterocycles. The summed E-state index contributed by atoms with van der Waals surface area (Å²) in [5.74, 6) is 1.14. The highest BCUT2D eigenvalue weighted by Crippen LogP contribution is 2.20. The highest BCUT2D eigenvalue weighted by molar-refractivity contribution is 5.89. The summed E-state index contributed by atoms with van der Waals surface area (Å²) >= 11 is 0. The second-order valence-corrected chi connectivity index (χ2v) is 6.44. The van der Waals surface area contributed by atoms with E-state index in [1.54, 1.807) is 25.6 Å². The lowest BCUT2D eigenvalue weighted by atomic mass is 10.2. The van der Waals surface area contributed by atoms with Crippen molar-refractivity contribution in [2.45, 2.75) is 6.54 Å². The van der Waals surface area contributed by atoms with Crippen LogP contribution in [0.1, 0.15) is 11.1 Å². The molecule has 0 fully saturated rings. The van der Waals surface area contributed by atoms with E-state index in [2.05, 4.69) is 10.2 Å². The van der Waals surface area contributed by atoms with Crippen LogP contribution in [0.4, 0.5) is 0 Å². The quantitative estimate of drug-likeness (QED) is 0.291. The van der Waals surface area contributed by atoms with Gasteiger partial charge in [-0.25, -0.2) is 0 Å². The first-order valence-corrected chi connectivity index (χ1v) is 9.22. The Bertz CT molecular complexity index is 1100. The van der Waals surface area contributed by atoms with E-state index in [1.807, 2.05) is 77.5 Å². The Morgan fingerprint density at radius 1 is 0.966 bits per heavy atom. The Labute approximate surface area is 169 Å². The molecule has 0 unspecified atom stereocenters. The topological polar surface area (TPSA) is 66.3 Å². The van der Waals surface area contributed by atoms with Crippen molar-refractivity contribution in [2.24, 2.45) is 5.10 Å². The van der Waals surface area contributed by atoms with Crippen LogP contribution in [0.2, 0.25) is 0 Å². The Balaban J connectivity index is 1.78. The summed E-state index contributed by atoms with van der Waals surface area (Å²) in [6.45, 7) is 0.560. The van der Waals surface area contributed by atoms with Gasteiger partial charge in [-0.1, -0.05) is 60.7 Å². The summed E-state index contributed by atoms with van der Waals surface area (Å²) in [5.41, 5.74) is 2.51. The van der Waals surface area contributed by atoms with E-state index < -0.39 is 0 Å². The van der Waals surface area contributed by atoms with Crippen LogP contribution in [0.15, 0.2) is 96.4 Å². The molecule has 0 spiro atoms. The van der Waals surface area contributed by atoms with Gasteiger partial charge in [0, 0.05) is 11.0 Å². The molecule has 29 heavy (non-hydrogen) atoms. The molecule has 4 aromatic rings. The van der Waals surface area contributed by atoms with Gasteiger partial charge in [-0.05, 0) is 35.4 Å². The number of hydrogen-bond donors (Lipinski definition) is 0. The summed E-state index contributed by atoms with van der Waals surface area (Å²) in [6.07, 6.45) is 1.56. The summed E-state index contributed by atoms with van der Waals surface area (Å²) < 4.78 is 8.62. The van der Waals surface area contributed by atoms with E-state index in [-0.39, 0.29) is 5.90 Å². The molecule has 0 amide bonds. The number of ether oxygens (including phenoxy) is 1. The molecule has 0 radical (unpaired) electrons. The summed E-state index contributed by atoms with van der Waals surface area (Å²) in [6, 6.07) is 26.6. The molecule has 0 bridgehead atoms. The fourth-order valence-corrected chi connectivity index (χ4v) is 3.04. The van der Waals surface area contributed by atoms with E-state index in [1.165, 1.54) is 4.68 Å². The molecule has 0 saturated carbocycles. The predicted molar refractivity (Wildman–Crippen MR) is 108 cm³/mol. The largest absolute Gasteiger partial charge is 0.856 e. The molecule has 144 valence electrons. The SMILES string of the molecule is COc1ccc(-c2n(Cc3ccccc3)nc[n+]2/N=C(\[O-])c2ccccc2)cc1. The lowest BCUT2D eigenvalue weighted by Gasteiger charge is -2.09. The average Bonchev–Trinajstić information content (AvgIpc) is 3.17. The van der Waals surface area contributed by atoms with E-state index in [9.17, 15) is 5.11 Å². The van der Waals surface area contributed by atoms with Gasteiger partial charge in [-0.3, -0.25) is 0 Å². The van der Waals surface area contributed by atoms with Crippen molar-refractivity contribution in [3.63, 3.8) is 0 Å². The summed E-state index contributed by atoms with van der Waals surface area (Å²) in [4.78, 5) is 0. The zero-order chi connectivity index (χ0) is 20.1. The number of hydrogen-bond acceptors (Lipinski definition) is 4. The molecule has 4 rings (SSSR count). The van der Waals surface area contributed by atoms with E-state index in [0.29, 0.717) is 17.9 Å². The molecular formula is C23H20N4O2. The zero-order valence-electron chi connectivity index (χ0n) is 16.0. The molecule has 0 aliphatic carbocycles. The first-order chi connectivity index (χ1) is 14.2. The Hall–Kier alpha value is -3.93. The first-order valence-electron chi connectivity index (χ1n) is 9.22. The van der Waals surface area contributed by atoms with Crippen molar-refractivity contribution in [3.8, 4) is 17.1 Å². The van der Waals surface area contributed by atoms with Gasteiger partial charge in [0.1, 0.15) is 12.3 Å². The molecule has 6 heteroatoms. The van der Waals surface area contributed by atoms with Crippen LogP contribution in [0.5, 0.6) is 5.75 Å². The van der Waals surface area contributed by atoms with Crippen molar-refractivity contribution >= 4 is 5.90 Å². The highest BCUT2D eigenvalue weighted by atomic mass is 16.5. The maximum atomic E-state index is 12.6. The third-order valence-corrected chi connectivity index (χ3v) is 4.50. The van der Waals surface area contributed by atoms with Gasteiger partial charge in [0.15, 0.2) is 0 Å². The second-order valence-electron chi connectivity index (χ2n) is 6.44. The van der Waals surface area contributed by atoms with Crippen molar-refractivity contribution in [3.05, 3.63) is 102 Å². The van der Waals surface area contributed by atoms with Gasteiger partial charge in [0.25, 0.3) is 12.2 Å². The molecule has 3 aromatic carbocycles. The van der Waals surface area contributed by atoms with Crippen LogP contribution in [-0.2, 0) is 6.54 Å². The Kier molecular flexibility index (Phi) is 5.33. The molecule has 0 aliphatic rings. The maximum Gasteiger partial charge on any atom is 0.291 e. The van der Waals surface area contributed by atoms with Gasteiger partial charge in [-0.15, -0.1) is 14.5 Å². The molecule has 0 saturated heterocycles. The number of nitrogens with zero attached hydrogens (tertiary/aromatic N) is 4. The number of aromatic nitrogens is 3. The van der Waals surface area contributed by atoms with Gasteiger partial charge >= 0.3 is 0 Å². The summed E-state index contributed by atoms with van der Waals surface area (Å²) in [5, 5.41) is 21.4. The molecule has 1 heterocycles. The van der Waals surface area contributed by atoms with E-state index in [0.717, 1.165) is 16.9 Å². The zero-order valence-corrected chi connectivity index (χ0v) is 16.0. The normalized spacial score (nSPS) is 11.4. The number of methoxy groups -OCH3 is 1. The monoisotopic (exact) mass is 384 g/mol. The first kappa shape index (κ1) is 18.4. The molecule has 1 aromatic heterocycles. The van der Waals surface area contributed by atoms with Gasteiger partial charge in [0.05, 0.1) is 12.7 Å². The van der Waals surface area contributed by atoms with E-state index >= 15 is 0 Å². The standard InChI is InChI=1S/C23H20N4O2/c1-29-21-14-12-20(13-15-21)23-26(16-18-8-4-2-5-9-18)24-17-27(23)25-22(28)19-10-6-3-7-11-19/h2-15,17H,16H2,1H3. The molecular weight excluding hydrogens is 364 g/mol. The van der Waals surface area contributed by atoms with Gasteiger partial charge < -0.3 is 9.84 Å². The smallest absolute Gasteiger partial charge is 0.291 e. The van der Waals surface area contributed by atoms with Gasteiger partial charge in [0.2, 0.25) is 0 Å². The molecule has 0 atom stereocenters. The number of benzene rings is 3. The minimum atomic E-state index is -0.329. The lowest BCUT2D eigenvalue weighted by Crippen LogP contribution is -2.35. The van der Waals surface area contributed by atoms with E-state index in [4.69, 9.17) is 4.74 Å². The van der Waals surface area contributed by atoms with Crippen molar-refractivity contribution in [1.82, 2.24) is 9.78 Å². The van der Waals surface area contributed by atoms with Crippen LogP contribution in [0.25, 0.3) is 11.4 Å². The minimum Gasteiger partial charge on any atom is -0.856 e. The Morgan fingerprint density at radius 3 is 2.28 bits per heavy atom. The van der Waals surface area contributed by atoms with Crippen LogP contribution in [0, 0.1) is 0 Å². The third kappa shape index (κ3) is 4.16. The maximum absolute atomic E-state index is 12.6. The van der Waals surface area contributed by atoms with Gasteiger partial charge in [-0.2, -0.15) is 0 Å². The highest BCUT2D eigenvalue weighted by Gasteiger charge is 2.21. The summed E-state index contributed by atoms with van der Waals surface area (Å²) in [7, 11) is 1.63. The van der Waals surface area contributed by atoms with Crippen molar-refractivity contribution in [2.75, 3.05) is 7.11 Å². The van der Waals surface area contributed by atoms with Crippen molar-refractivity contribution < 1.29 is 14.5 Å². The van der Waals surface area contributed by atoms with Crippen LogP contribution >= 0.6 is 0 Å². The second kappa shape index (κ2) is 8.39. The van der Waals surface area contributed by atoms with Crippen LogP contribution < -0.4 is 14.5 Å². The lowest BCUT2D eigenvalue weighted by molar-refractivity contribution is -0.671. The fraction of sp³-hybridized carbons (Fsp3) is 0.0870. The van der Waals surface area contributed by atoms with Crippen LogP contribution in [0.3, 0.4) is 0 Å². The molecule has 0 N–H and O–H groups in total. The van der Waals surface area contributed by atoms with Crippen LogP contribution in [-0.4, -0.2) is 22.8 Å².